The normalized spacial score (nSPS) is 21.7. The van der Waals surface area contributed by atoms with Gasteiger partial charge in [-0.2, -0.15) is 0 Å². The Bertz CT molecular complexity index is 99.2. The van der Waals surface area contributed by atoms with Crippen LogP contribution in [0.25, 0.3) is 0 Å². The summed E-state index contributed by atoms with van der Waals surface area (Å²) in [5.74, 6) is -3.00. The quantitative estimate of drug-likeness (QED) is 0.608. The van der Waals surface area contributed by atoms with Crippen LogP contribution < -0.4 is 5.73 Å². The van der Waals surface area contributed by atoms with Gasteiger partial charge in [0.2, 0.25) is 0 Å². The fourth-order valence-corrected chi connectivity index (χ4v) is 0.997. The molecule has 1 aliphatic carbocycles. The van der Waals surface area contributed by atoms with Gasteiger partial charge in [0.25, 0.3) is 5.92 Å². The van der Waals surface area contributed by atoms with E-state index in [0.29, 0.717) is 12.8 Å². The van der Waals surface area contributed by atoms with Crippen LogP contribution in [-0.4, -0.2) is 12.5 Å². The second-order valence-electron chi connectivity index (χ2n) is 2.59. The summed E-state index contributed by atoms with van der Waals surface area (Å²) < 4.78 is 24.9. The van der Waals surface area contributed by atoms with E-state index in [1.807, 2.05) is 0 Å². The van der Waals surface area contributed by atoms with Crippen LogP contribution in [-0.2, 0) is 0 Å². The maximum absolute atomic E-state index is 12.5. The van der Waals surface area contributed by atoms with E-state index in [0.717, 1.165) is 6.42 Å². The summed E-state index contributed by atoms with van der Waals surface area (Å²) in [6, 6.07) is 0. The molecule has 0 aromatic rings. The van der Waals surface area contributed by atoms with E-state index in [2.05, 4.69) is 0 Å². The summed E-state index contributed by atoms with van der Waals surface area (Å²) in [6.45, 7) is -0.488. The van der Waals surface area contributed by atoms with E-state index in [1.165, 1.54) is 0 Å². The molecule has 0 spiro atoms. The molecule has 9 heavy (non-hydrogen) atoms. The third-order valence-electron chi connectivity index (χ3n) is 1.97. The standard InChI is InChI=1S/C6H11F2N/c7-6(8,4-9)5-2-1-3-5/h5H,1-4,9H2. The second-order valence-corrected chi connectivity index (χ2v) is 2.59. The lowest BCUT2D eigenvalue weighted by Crippen LogP contribution is -2.39. The van der Waals surface area contributed by atoms with E-state index in [-0.39, 0.29) is 0 Å². The number of hydrogen-bond donors (Lipinski definition) is 1. The van der Waals surface area contributed by atoms with Crippen LogP contribution in [0.3, 0.4) is 0 Å². The first-order valence-electron chi connectivity index (χ1n) is 3.24. The molecule has 0 atom stereocenters. The molecule has 0 amide bonds. The summed E-state index contributed by atoms with van der Waals surface area (Å²) in [5.41, 5.74) is 4.87. The summed E-state index contributed by atoms with van der Waals surface area (Å²) in [6.07, 6.45) is 2.26. The predicted molar refractivity (Wildman–Crippen MR) is 31.3 cm³/mol. The molecular weight excluding hydrogens is 124 g/mol. The van der Waals surface area contributed by atoms with Crippen molar-refractivity contribution in [3.05, 3.63) is 0 Å². The number of hydrogen-bond acceptors (Lipinski definition) is 1. The second kappa shape index (κ2) is 2.21. The highest BCUT2D eigenvalue weighted by atomic mass is 19.3. The van der Waals surface area contributed by atoms with E-state index < -0.39 is 18.4 Å². The van der Waals surface area contributed by atoms with Crippen molar-refractivity contribution in [2.75, 3.05) is 6.54 Å². The van der Waals surface area contributed by atoms with E-state index in [9.17, 15) is 8.78 Å². The lowest BCUT2D eigenvalue weighted by molar-refractivity contribution is -0.0782. The highest BCUT2D eigenvalue weighted by molar-refractivity contribution is 4.83. The Balaban J connectivity index is 2.37. The van der Waals surface area contributed by atoms with Crippen molar-refractivity contribution >= 4 is 0 Å². The molecule has 0 aromatic heterocycles. The summed E-state index contributed by atoms with van der Waals surface area (Å²) in [7, 11) is 0. The molecule has 0 heterocycles. The fraction of sp³-hybridized carbons (Fsp3) is 1.00. The van der Waals surface area contributed by atoms with Gasteiger partial charge in [-0.15, -0.1) is 0 Å². The topological polar surface area (TPSA) is 26.0 Å². The predicted octanol–water partition coefficient (Wildman–Crippen LogP) is 1.38. The van der Waals surface area contributed by atoms with Crippen molar-refractivity contribution < 1.29 is 8.78 Å². The number of alkyl halides is 2. The zero-order chi connectivity index (χ0) is 6.91. The van der Waals surface area contributed by atoms with Crippen molar-refractivity contribution in [2.45, 2.75) is 25.2 Å². The average molecular weight is 135 g/mol. The minimum absolute atomic E-state index is 0.414. The van der Waals surface area contributed by atoms with E-state index in [1.54, 1.807) is 0 Å². The van der Waals surface area contributed by atoms with Crippen molar-refractivity contribution in [1.82, 2.24) is 0 Å². The van der Waals surface area contributed by atoms with Crippen LogP contribution in [0.2, 0.25) is 0 Å². The molecule has 0 bridgehead atoms. The van der Waals surface area contributed by atoms with Crippen LogP contribution in [0.1, 0.15) is 19.3 Å². The van der Waals surface area contributed by atoms with Gasteiger partial charge < -0.3 is 5.73 Å². The van der Waals surface area contributed by atoms with Crippen LogP contribution in [0.5, 0.6) is 0 Å². The van der Waals surface area contributed by atoms with Crippen molar-refractivity contribution in [3.63, 3.8) is 0 Å². The fourth-order valence-electron chi connectivity index (χ4n) is 0.997. The Morgan fingerprint density at radius 3 is 2.11 bits per heavy atom. The van der Waals surface area contributed by atoms with Gasteiger partial charge in [-0.25, -0.2) is 8.78 Å². The highest BCUT2D eigenvalue weighted by Crippen LogP contribution is 2.38. The average Bonchev–Trinajstić information content (AvgIpc) is 1.60. The number of rotatable bonds is 2. The zero-order valence-electron chi connectivity index (χ0n) is 5.24. The Morgan fingerprint density at radius 2 is 2.00 bits per heavy atom. The molecule has 2 N–H and O–H groups in total. The summed E-state index contributed by atoms with van der Waals surface area (Å²) in [4.78, 5) is 0. The first-order valence-corrected chi connectivity index (χ1v) is 3.24. The van der Waals surface area contributed by atoms with Crippen LogP contribution in [0.15, 0.2) is 0 Å². The minimum Gasteiger partial charge on any atom is -0.325 e. The van der Waals surface area contributed by atoms with Gasteiger partial charge in [-0.05, 0) is 12.8 Å². The Labute approximate surface area is 53.2 Å². The Morgan fingerprint density at radius 1 is 1.44 bits per heavy atom. The minimum atomic E-state index is -2.59. The molecule has 0 saturated heterocycles. The molecule has 0 radical (unpaired) electrons. The van der Waals surface area contributed by atoms with Crippen LogP contribution in [0.4, 0.5) is 8.78 Å². The molecule has 1 nitrogen and oxygen atoms in total. The first kappa shape index (κ1) is 6.93. The van der Waals surface area contributed by atoms with E-state index in [4.69, 9.17) is 5.73 Å². The van der Waals surface area contributed by atoms with Gasteiger partial charge in [-0.3, -0.25) is 0 Å². The highest BCUT2D eigenvalue weighted by Gasteiger charge is 2.41. The van der Waals surface area contributed by atoms with Crippen molar-refractivity contribution in [1.29, 1.82) is 0 Å². The lowest BCUT2D eigenvalue weighted by atomic mass is 9.80. The maximum Gasteiger partial charge on any atom is 0.262 e. The zero-order valence-corrected chi connectivity index (χ0v) is 5.24. The molecule has 1 aliphatic rings. The van der Waals surface area contributed by atoms with Gasteiger partial charge in [-0.1, -0.05) is 6.42 Å². The molecular formula is C6H11F2N. The van der Waals surface area contributed by atoms with Crippen molar-refractivity contribution in [3.8, 4) is 0 Å². The largest absolute Gasteiger partial charge is 0.325 e. The third-order valence-corrected chi connectivity index (χ3v) is 1.97. The number of nitrogens with two attached hydrogens (primary N) is 1. The van der Waals surface area contributed by atoms with Gasteiger partial charge in [0.05, 0.1) is 6.54 Å². The Hall–Kier alpha value is -0.180. The van der Waals surface area contributed by atoms with E-state index >= 15 is 0 Å². The van der Waals surface area contributed by atoms with Crippen molar-refractivity contribution in [2.24, 2.45) is 11.7 Å². The first-order chi connectivity index (χ1) is 4.17. The summed E-state index contributed by atoms with van der Waals surface area (Å²) in [5, 5.41) is 0. The lowest BCUT2D eigenvalue weighted by Gasteiger charge is -2.32. The molecule has 1 fully saturated rings. The van der Waals surface area contributed by atoms with Gasteiger partial charge in [0, 0.05) is 5.92 Å². The molecule has 0 aromatic carbocycles. The van der Waals surface area contributed by atoms with Gasteiger partial charge in [0.15, 0.2) is 0 Å². The smallest absolute Gasteiger partial charge is 0.262 e. The van der Waals surface area contributed by atoms with Crippen LogP contribution in [0, 0.1) is 5.92 Å². The monoisotopic (exact) mass is 135 g/mol. The number of halogens is 2. The van der Waals surface area contributed by atoms with Gasteiger partial charge >= 0.3 is 0 Å². The van der Waals surface area contributed by atoms with Gasteiger partial charge in [0.1, 0.15) is 0 Å². The molecule has 54 valence electrons. The molecule has 1 rings (SSSR count). The molecule has 1 saturated carbocycles. The third kappa shape index (κ3) is 1.21. The maximum atomic E-state index is 12.5. The molecule has 0 unspecified atom stereocenters. The SMILES string of the molecule is NCC(F)(F)C1CCC1. The van der Waals surface area contributed by atoms with Crippen LogP contribution >= 0.6 is 0 Å². The Kier molecular flexibility index (Phi) is 1.70. The molecule has 0 aliphatic heterocycles. The molecule has 3 heteroatoms. The summed E-state index contributed by atoms with van der Waals surface area (Å²) >= 11 is 0.